The normalized spacial score (nSPS) is 19.4. The number of benzene rings is 1. The number of aromatic nitrogens is 1. The van der Waals surface area contributed by atoms with Gasteiger partial charge in [0, 0.05) is 20.2 Å². The van der Waals surface area contributed by atoms with Crippen molar-refractivity contribution in [2.45, 2.75) is 18.9 Å². The lowest BCUT2D eigenvalue weighted by Gasteiger charge is -2.30. The molecular weight excluding hydrogens is 260 g/mol. The maximum absolute atomic E-state index is 10.9. The lowest BCUT2D eigenvalue weighted by molar-refractivity contribution is 0.0697. The highest BCUT2D eigenvalue weighted by molar-refractivity contribution is 5.92. The summed E-state index contributed by atoms with van der Waals surface area (Å²) in [6.07, 6.45) is 2.25. The van der Waals surface area contributed by atoms with Gasteiger partial charge in [-0.05, 0) is 31.0 Å². The summed E-state index contributed by atoms with van der Waals surface area (Å²) in [5, 5.41) is 8.98. The Morgan fingerprint density at radius 1 is 1.55 bits per heavy atom. The first kappa shape index (κ1) is 12.9. The van der Waals surface area contributed by atoms with E-state index >= 15 is 0 Å². The van der Waals surface area contributed by atoms with E-state index in [1.54, 1.807) is 13.2 Å². The third kappa shape index (κ3) is 2.34. The Kier molecular flexibility index (Phi) is 3.31. The molecular formula is C14H16N2O4. The van der Waals surface area contributed by atoms with Crippen molar-refractivity contribution in [1.82, 2.24) is 4.98 Å². The van der Waals surface area contributed by atoms with Gasteiger partial charge in [-0.3, -0.25) is 0 Å². The molecule has 2 heterocycles. The largest absolute Gasteiger partial charge is 0.478 e. The molecule has 3 rings (SSSR count). The van der Waals surface area contributed by atoms with Crippen LogP contribution < -0.4 is 4.90 Å². The van der Waals surface area contributed by atoms with Gasteiger partial charge in [0.2, 0.25) is 0 Å². The molecule has 20 heavy (non-hydrogen) atoms. The van der Waals surface area contributed by atoms with E-state index in [4.69, 9.17) is 14.3 Å². The van der Waals surface area contributed by atoms with Crippen LogP contribution in [0.1, 0.15) is 23.2 Å². The second-order valence-electron chi connectivity index (χ2n) is 4.93. The number of piperidine rings is 1. The van der Waals surface area contributed by atoms with Gasteiger partial charge in [-0.25, -0.2) is 4.79 Å². The summed E-state index contributed by atoms with van der Waals surface area (Å²) in [4.78, 5) is 17.4. The average molecular weight is 276 g/mol. The smallest absolute Gasteiger partial charge is 0.335 e. The predicted molar refractivity (Wildman–Crippen MR) is 73.2 cm³/mol. The number of ether oxygens (including phenoxy) is 1. The van der Waals surface area contributed by atoms with E-state index in [0.717, 1.165) is 25.9 Å². The number of anilines is 1. The number of rotatable bonds is 3. The summed E-state index contributed by atoms with van der Waals surface area (Å²) in [6, 6.07) is 5.24. The van der Waals surface area contributed by atoms with Crippen LogP contribution in [0.3, 0.4) is 0 Å². The highest BCUT2D eigenvalue weighted by Gasteiger charge is 2.23. The molecule has 2 aromatic rings. The molecule has 1 fully saturated rings. The Labute approximate surface area is 116 Å². The summed E-state index contributed by atoms with van der Waals surface area (Å²) in [6.45, 7) is 1.62. The molecule has 6 nitrogen and oxygen atoms in total. The topological polar surface area (TPSA) is 75.8 Å². The maximum atomic E-state index is 10.9. The minimum absolute atomic E-state index is 0.188. The molecule has 0 radical (unpaired) electrons. The second-order valence-corrected chi connectivity index (χ2v) is 4.93. The first-order chi connectivity index (χ1) is 9.67. The number of hydrogen-bond donors (Lipinski definition) is 1. The van der Waals surface area contributed by atoms with Crippen molar-refractivity contribution >= 4 is 23.1 Å². The van der Waals surface area contributed by atoms with Crippen LogP contribution >= 0.6 is 0 Å². The van der Waals surface area contributed by atoms with Gasteiger partial charge in [-0.2, -0.15) is 4.98 Å². The van der Waals surface area contributed by atoms with Gasteiger partial charge < -0.3 is 19.2 Å². The minimum atomic E-state index is -0.970. The molecule has 1 N–H and O–H groups in total. The fourth-order valence-electron chi connectivity index (χ4n) is 2.49. The van der Waals surface area contributed by atoms with Crippen molar-refractivity contribution in [2.75, 3.05) is 25.1 Å². The van der Waals surface area contributed by atoms with Crippen molar-refractivity contribution < 1.29 is 19.1 Å². The minimum Gasteiger partial charge on any atom is -0.478 e. The molecule has 6 heteroatoms. The third-order valence-electron chi connectivity index (χ3n) is 3.61. The van der Waals surface area contributed by atoms with Gasteiger partial charge in [-0.15, -0.1) is 0 Å². The van der Waals surface area contributed by atoms with Crippen molar-refractivity contribution in [3.8, 4) is 0 Å². The van der Waals surface area contributed by atoms with Crippen molar-refractivity contribution in [3.05, 3.63) is 23.8 Å². The Hall–Kier alpha value is -2.08. The van der Waals surface area contributed by atoms with Gasteiger partial charge in [-0.1, -0.05) is 0 Å². The number of aromatic carboxylic acids is 1. The van der Waals surface area contributed by atoms with Crippen LogP contribution in [-0.4, -0.2) is 42.4 Å². The van der Waals surface area contributed by atoms with Gasteiger partial charge in [0.25, 0.3) is 6.01 Å². The first-order valence-electron chi connectivity index (χ1n) is 6.59. The number of carbonyl (C=O) groups is 1. The highest BCUT2D eigenvalue weighted by Crippen LogP contribution is 2.25. The predicted octanol–water partition coefficient (Wildman–Crippen LogP) is 2.14. The van der Waals surface area contributed by atoms with E-state index in [1.807, 2.05) is 4.90 Å². The van der Waals surface area contributed by atoms with E-state index in [0.29, 0.717) is 17.1 Å². The van der Waals surface area contributed by atoms with Crippen LogP contribution in [0.4, 0.5) is 6.01 Å². The molecule has 106 valence electrons. The zero-order chi connectivity index (χ0) is 14.1. The number of carboxylic acid groups (broad SMARTS) is 1. The molecule has 1 saturated heterocycles. The lowest BCUT2D eigenvalue weighted by Crippen LogP contribution is -2.39. The van der Waals surface area contributed by atoms with E-state index in [1.165, 1.54) is 12.1 Å². The summed E-state index contributed by atoms with van der Waals surface area (Å²) in [5.41, 5.74) is 1.37. The fraction of sp³-hybridized carbons (Fsp3) is 0.429. The summed E-state index contributed by atoms with van der Waals surface area (Å²) < 4.78 is 11.1. The van der Waals surface area contributed by atoms with Crippen LogP contribution in [0.5, 0.6) is 0 Å². The molecule has 1 aromatic carbocycles. The second kappa shape index (κ2) is 5.13. The first-order valence-corrected chi connectivity index (χ1v) is 6.59. The third-order valence-corrected chi connectivity index (χ3v) is 3.61. The fourth-order valence-corrected chi connectivity index (χ4v) is 2.49. The van der Waals surface area contributed by atoms with E-state index in [9.17, 15) is 4.79 Å². The number of hydrogen-bond acceptors (Lipinski definition) is 5. The number of carboxylic acids is 1. The van der Waals surface area contributed by atoms with Crippen LogP contribution in [0.15, 0.2) is 22.6 Å². The Balaban J connectivity index is 1.90. The van der Waals surface area contributed by atoms with Gasteiger partial charge in [0.1, 0.15) is 5.52 Å². The van der Waals surface area contributed by atoms with Crippen molar-refractivity contribution in [2.24, 2.45) is 0 Å². The van der Waals surface area contributed by atoms with Crippen molar-refractivity contribution in [1.29, 1.82) is 0 Å². The summed E-state index contributed by atoms with van der Waals surface area (Å²) in [5.74, 6) is -0.970. The van der Waals surface area contributed by atoms with Gasteiger partial charge in [0.15, 0.2) is 5.58 Å². The van der Waals surface area contributed by atoms with E-state index in [-0.39, 0.29) is 11.7 Å². The summed E-state index contributed by atoms with van der Waals surface area (Å²) in [7, 11) is 1.71. The zero-order valence-electron chi connectivity index (χ0n) is 11.2. The molecule has 0 bridgehead atoms. The number of methoxy groups -OCH3 is 1. The molecule has 1 unspecified atom stereocenters. The lowest BCUT2D eigenvalue weighted by atomic mass is 10.1. The summed E-state index contributed by atoms with van der Waals surface area (Å²) >= 11 is 0. The Bertz CT molecular complexity index is 637. The van der Waals surface area contributed by atoms with Crippen LogP contribution in [-0.2, 0) is 4.74 Å². The Morgan fingerprint density at radius 2 is 2.40 bits per heavy atom. The van der Waals surface area contributed by atoms with Crippen molar-refractivity contribution in [3.63, 3.8) is 0 Å². The highest BCUT2D eigenvalue weighted by atomic mass is 16.5. The molecule has 0 aliphatic carbocycles. The average Bonchev–Trinajstić information content (AvgIpc) is 2.90. The van der Waals surface area contributed by atoms with E-state index in [2.05, 4.69) is 4.98 Å². The zero-order valence-corrected chi connectivity index (χ0v) is 11.2. The number of nitrogens with zero attached hydrogens (tertiary/aromatic N) is 2. The maximum Gasteiger partial charge on any atom is 0.335 e. The molecule has 0 amide bonds. The molecule has 1 atom stereocenters. The number of fused-ring (bicyclic) bond motifs is 1. The molecule has 1 aliphatic rings. The molecule has 1 aliphatic heterocycles. The van der Waals surface area contributed by atoms with Crippen LogP contribution in [0, 0.1) is 0 Å². The number of oxazole rings is 1. The SMILES string of the molecule is COC1CCCN(c2nc3ccc(C(=O)O)cc3o2)C1. The molecule has 0 saturated carbocycles. The monoisotopic (exact) mass is 276 g/mol. The standard InChI is InChI=1S/C14H16N2O4/c1-19-10-3-2-6-16(8-10)14-15-11-5-4-9(13(17)18)7-12(11)20-14/h4-5,7,10H,2-3,6,8H2,1H3,(H,17,18). The molecule has 1 aromatic heterocycles. The van der Waals surface area contributed by atoms with E-state index < -0.39 is 5.97 Å². The van der Waals surface area contributed by atoms with Crippen LogP contribution in [0.25, 0.3) is 11.1 Å². The quantitative estimate of drug-likeness (QED) is 0.925. The van der Waals surface area contributed by atoms with Crippen LogP contribution in [0.2, 0.25) is 0 Å². The Morgan fingerprint density at radius 3 is 3.15 bits per heavy atom. The molecule has 0 spiro atoms. The van der Waals surface area contributed by atoms with Gasteiger partial charge in [0.05, 0.1) is 11.7 Å². The van der Waals surface area contributed by atoms with Gasteiger partial charge >= 0.3 is 5.97 Å².